The number of carboxylic acids is 1. The van der Waals surface area contributed by atoms with Crippen molar-refractivity contribution in [2.75, 3.05) is 34.4 Å². The van der Waals surface area contributed by atoms with Gasteiger partial charge in [-0.3, -0.25) is 14.4 Å². The van der Waals surface area contributed by atoms with Crippen molar-refractivity contribution in [3.63, 3.8) is 0 Å². The monoisotopic (exact) mass is 321 g/mol. The Morgan fingerprint density at radius 2 is 1.70 bits per heavy atom. The van der Waals surface area contributed by atoms with Gasteiger partial charge >= 0.3 is 5.97 Å². The first kappa shape index (κ1) is 17.1. The van der Waals surface area contributed by atoms with E-state index < -0.39 is 23.9 Å². The number of nitrogens with zero attached hydrogens (tertiary/aromatic N) is 2. The average Bonchev–Trinajstić information content (AvgIpc) is 2.67. The summed E-state index contributed by atoms with van der Waals surface area (Å²) in [5.74, 6) is -1.80. The van der Waals surface area contributed by atoms with Gasteiger partial charge in [0.1, 0.15) is 19.4 Å². The molecule has 2 rings (SSSR count). The fourth-order valence-electron chi connectivity index (χ4n) is 2.52. The molecule has 1 N–H and O–H groups in total. The normalized spacial score (nSPS) is 15.7. The molecular weight excluding hydrogens is 300 g/mol. The summed E-state index contributed by atoms with van der Waals surface area (Å²) in [6.45, 7) is 0.208. The number of quaternary nitrogens is 1. The molecule has 1 atom stereocenters. The molecule has 1 aromatic carbocycles. The Labute approximate surface area is 134 Å². The van der Waals surface area contributed by atoms with Gasteiger partial charge in [-0.1, -0.05) is 12.1 Å². The van der Waals surface area contributed by atoms with E-state index in [9.17, 15) is 14.4 Å². The van der Waals surface area contributed by atoms with E-state index in [2.05, 4.69) is 0 Å². The van der Waals surface area contributed by atoms with Crippen LogP contribution in [-0.2, 0) is 9.53 Å². The summed E-state index contributed by atoms with van der Waals surface area (Å²) in [6.07, 6.45) is -0.768. The number of fused-ring (bicyclic) bond motifs is 1. The van der Waals surface area contributed by atoms with Crippen molar-refractivity contribution in [1.29, 1.82) is 0 Å². The first-order valence-corrected chi connectivity index (χ1v) is 7.28. The number of rotatable bonds is 7. The summed E-state index contributed by atoms with van der Waals surface area (Å²) in [5.41, 5.74) is 0.699. The molecule has 0 saturated carbocycles. The summed E-state index contributed by atoms with van der Waals surface area (Å²) in [4.78, 5) is 36.4. The second-order valence-electron chi connectivity index (χ2n) is 6.57. The molecule has 2 amide bonds. The number of ether oxygens (including phenoxy) is 1. The number of amides is 2. The summed E-state index contributed by atoms with van der Waals surface area (Å²) >= 11 is 0. The third-order valence-electron chi connectivity index (χ3n) is 3.47. The van der Waals surface area contributed by atoms with Crippen LogP contribution in [0.25, 0.3) is 0 Å². The van der Waals surface area contributed by atoms with Gasteiger partial charge in [0, 0.05) is 0 Å². The molecule has 0 aliphatic carbocycles. The number of aliphatic carboxylic acids is 1. The molecule has 7 nitrogen and oxygen atoms in total. The van der Waals surface area contributed by atoms with Crippen LogP contribution >= 0.6 is 0 Å². The van der Waals surface area contributed by atoms with E-state index in [1.54, 1.807) is 24.3 Å². The predicted molar refractivity (Wildman–Crippen MR) is 81.8 cm³/mol. The van der Waals surface area contributed by atoms with E-state index in [1.165, 1.54) is 0 Å². The van der Waals surface area contributed by atoms with Crippen molar-refractivity contribution in [2.45, 2.75) is 12.5 Å². The summed E-state index contributed by atoms with van der Waals surface area (Å²) in [7, 11) is 5.75. The number of likely N-dealkylation sites (N-methyl/N-ethyl adjacent to an activating group) is 1. The second kappa shape index (κ2) is 6.47. The molecular formula is C16H21N2O5+. The SMILES string of the molecule is C[N+](C)(C)CC(CC(=O)O)OCN1C(=O)c2ccccc2C1=O. The number of carboxylic acid groups (broad SMARTS) is 1. The maximum atomic E-state index is 12.2. The quantitative estimate of drug-likeness (QED) is 0.593. The summed E-state index contributed by atoms with van der Waals surface area (Å²) < 4.78 is 6.09. The minimum absolute atomic E-state index is 0.182. The van der Waals surface area contributed by atoms with Gasteiger partial charge in [0.05, 0.1) is 38.7 Å². The molecule has 1 aromatic rings. The number of benzene rings is 1. The number of imide groups is 1. The van der Waals surface area contributed by atoms with Crippen molar-refractivity contribution in [2.24, 2.45) is 0 Å². The van der Waals surface area contributed by atoms with Gasteiger partial charge in [0.2, 0.25) is 0 Å². The van der Waals surface area contributed by atoms with Crippen LogP contribution in [0.3, 0.4) is 0 Å². The van der Waals surface area contributed by atoms with Crippen LogP contribution in [0.2, 0.25) is 0 Å². The van der Waals surface area contributed by atoms with Crippen LogP contribution in [0.1, 0.15) is 27.1 Å². The maximum Gasteiger partial charge on any atom is 0.306 e. The minimum Gasteiger partial charge on any atom is -0.481 e. The van der Waals surface area contributed by atoms with Crippen molar-refractivity contribution in [3.8, 4) is 0 Å². The lowest BCUT2D eigenvalue weighted by Crippen LogP contribution is -2.45. The molecule has 7 heteroatoms. The standard InChI is InChI=1S/C16H20N2O5/c1-18(2,3)9-11(8-14(19)20)23-10-17-15(21)12-6-4-5-7-13(12)16(17)22/h4-7,11H,8-10H2,1-3H3/p+1. The zero-order valence-corrected chi connectivity index (χ0v) is 13.5. The Balaban J connectivity index is 2.05. The number of hydrogen-bond acceptors (Lipinski definition) is 4. The molecule has 0 fully saturated rings. The molecule has 1 heterocycles. The van der Waals surface area contributed by atoms with E-state index in [0.29, 0.717) is 22.2 Å². The predicted octanol–water partition coefficient (Wildman–Crippen LogP) is 0.806. The van der Waals surface area contributed by atoms with Gasteiger partial charge in [-0.05, 0) is 12.1 Å². The molecule has 1 aliphatic heterocycles. The highest BCUT2D eigenvalue weighted by molar-refractivity contribution is 6.21. The average molecular weight is 321 g/mol. The van der Waals surface area contributed by atoms with E-state index in [-0.39, 0.29) is 13.2 Å². The van der Waals surface area contributed by atoms with Crippen LogP contribution in [-0.4, -0.2) is 72.8 Å². The molecule has 1 aliphatic rings. The summed E-state index contributed by atoms with van der Waals surface area (Å²) in [6, 6.07) is 6.57. The Bertz CT molecular complexity index is 601. The maximum absolute atomic E-state index is 12.2. The van der Waals surface area contributed by atoms with Gasteiger partial charge in [-0.15, -0.1) is 0 Å². The lowest BCUT2D eigenvalue weighted by Gasteiger charge is -2.29. The molecule has 124 valence electrons. The Morgan fingerprint density at radius 1 is 1.17 bits per heavy atom. The van der Waals surface area contributed by atoms with Crippen LogP contribution < -0.4 is 0 Å². The van der Waals surface area contributed by atoms with E-state index in [4.69, 9.17) is 9.84 Å². The molecule has 1 unspecified atom stereocenters. The zero-order chi connectivity index (χ0) is 17.2. The van der Waals surface area contributed by atoms with Gasteiger partial charge < -0.3 is 14.3 Å². The number of carbonyl (C=O) groups excluding carboxylic acids is 2. The second-order valence-corrected chi connectivity index (χ2v) is 6.57. The Morgan fingerprint density at radius 3 is 2.13 bits per heavy atom. The van der Waals surface area contributed by atoms with Crippen molar-refractivity contribution in [3.05, 3.63) is 35.4 Å². The Hall–Kier alpha value is -2.25. The number of carbonyl (C=O) groups is 3. The first-order valence-electron chi connectivity index (χ1n) is 7.28. The first-order chi connectivity index (χ1) is 10.7. The van der Waals surface area contributed by atoms with Crippen LogP contribution in [0.4, 0.5) is 0 Å². The summed E-state index contributed by atoms with van der Waals surface area (Å²) in [5, 5.41) is 8.98. The fraction of sp³-hybridized carbons (Fsp3) is 0.438. The molecule has 0 spiro atoms. The van der Waals surface area contributed by atoms with Gasteiger partial charge in [-0.2, -0.15) is 0 Å². The largest absolute Gasteiger partial charge is 0.481 e. The van der Waals surface area contributed by atoms with Crippen molar-refractivity contribution >= 4 is 17.8 Å². The van der Waals surface area contributed by atoms with Crippen molar-refractivity contribution in [1.82, 2.24) is 4.90 Å². The minimum atomic E-state index is -0.981. The van der Waals surface area contributed by atoms with Crippen molar-refractivity contribution < 1.29 is 28.7 Å². The lowest BCUT2D eigenvalue weighted by atomic mass is 10.1. The molecule has 0 saturated heterocycles. The Kier molecular flexibility index (Phi) is 4.82. The van der Waals surface area contributed by atoms with Gasteiger partial charge in [-0.25, -0.2) is 4.90 Å². The highest BCUT2D eigenvalue weighted by Gasteiger charge is 2.36. The van der Waals surface area contributed by atoms with Crippen LogP contribution in [0.5, 0.6) is 0 Å². The van der Waals surface area contributed by atoms with Gasteiger partial charge in [0.25, 0.3) is 11.8 Å². The third kappa shape index (κ3) is 4.14. The molecule has 23 heavy (non-hydrogen) atoms. The van der Waals surface area contributed by atoms with Crippen LogP contribution in [0, 0.1) is 0 Å². The van der Waals surface area contributed by atoms with E-state index in [0.717, 1.165) is 4.90 Å². The fourth-order valence-corrected chi connectivity index (χ4v) is 2.52. The third-order valence-corrected chi connectivity index (χ3v) is 3.47. The molecule has 0 radical (unpaired) electrons. The smallest absolute Gasteiger partial charge is 0.306 e. The van der Waals surface area contributed by atoms with Gasteiger partial charge in [0.15, 0.2) is 0 Å². The molecule has 0 bridgehead atoms. The van der Waals surface area contributed by atoms with E-state index in [1.807, 2.05) is 21.1 Å². The zero-order valence-electron chi connectivity index (χ0n) is 13.5. The molecule has 0 aromatic heterocycles. The number of hydrogen-bond donors (Lipinski definition) is 1. The van der Waals surface area contributed by atoms with Crippen LogP contribution in [0.15, 0.2) is 24.3 Å². The van der Waals surface area contributed by atoms with E-state index >= 15 is 0 Å². The lowest BCUT2D eigenvalue weighted by molar-refractivity contribution is -0.873. The highest BCUT2D eigenvalue weighted by Crippen LogP contribution is 2.22. The highest BCUT2D eigenvalue weighted by atomic mass is 16.5. The topological polar surface area (TPSA) is 83.9 Å².